The Labute approximate surface area is 195 Å². The van der Waals surface area contributed by atoms with E-state index in [2.05, 4.69) is 25.3 Å². The van der Waals surface area contributed by atoms with Crippen molar-refractivity contribution in [3.05, 3.63) is 48.5 Å². The summed E-state index contributed by atoms with van der Waals surface area (Å²) in [6.07, 6.45) is 0. The molecular weight excluding hydrogens is 470 g/mol. The van der Waals surface area contributed by atoms with Crippen LogP contribution in [0.4, 0.5) is 17.2 Å². The summed E-state index contributed by atoms with van der Waals surface area (Å²) in [6.45, 7) is 0.184. The van der Waals surface area contributed by atoms with Crippen molar-refractivity contribution in [2.75, 3.05) is 36.4 Å². The first-order chi connectivity index (χ1) is 15.9. The molecule has 0 atom stereocenters. The number of hydrogen-bond donors (Lipinski definition) is 3. The molecule has 2 heterocycles. The van der Waals surface area contributed by atoms with E-state index >= 15 is 0 Å². The topological polar surface area (TPSA) is 133 Å². The molecule has 0 spiro atoms. The Morgan fingerprint density at radius 2 is 1.64 bits per heavy atom. The average Bonchev–Trinajstić information content (AvgIpc) is 3.26. The number of ether oxygens (including phenoxy) is 4. The van der Waals surface area contributed by atoms with Crippen molar-refractivity contribution in [1.29, 1.82) is 0 Å². The Hall–Kier alpha value is -3.84. The number of hydrogen-bond acceptors (Lipinski definition) is 9. The first-order valence-electron chi connectivity index (χ1n) is 9.44. The van der Waals surface area contributed by atoms with Gasteiger partial charge in [0, 0.05) is 23.5 Å². The Kier molecular flexibility index (Phi) is 6.33. The van der Waals surface area contributed by atoms with Gasteiger partial charge < -0.3 is 29.6 Å². The molecule has 3 aromatic rings. The molecule has 0 amide bonds. The molecule has 0 radical (unpaired) electrons. The van der Waals surface area contributed by atoms with E-state index in [-0.39, 0.29) is 29.4 Å². The van der Waals surface area contributed by atoms with E-state index in [0.29, 0.717) is 22.3 Å². The third kappa shape index (κ3) is 5.32. The van der Waals surface area contributed by atoms with Gasteiger partial charge in [0.15, 0.2) is 22.4 Å². The van der Waals surface area contributed by atoms with Crippen molar-refractivity contribution in [2.24, 2.45) is 0 Å². The van der Waals surface area contributed by atoms with E-state index in [1.807, 2.05) is 0 Å². The number of anilines is 3. The highest BCUT2D eigenvalue weighted by Crippen LogP contribution is 2.34. The highest BCUT2D eigenvalue weighted by atomic mass is 32.2. The van der Waals surface area contributed by atoms with Gasteiger partial charge in [0.1, 0.15) is 0 Å². The molecule has 172 valence electrons. The van der Waals surface area contributed by atoms with E-state index in [9.17, 15) is 8.42 Å². The maximum Gasteiger partial charge on any atom is 0.321 e. The summed E-state index contributed by atoms with van der Waals surface area (Å²) in [6, 6.07) is 12.7. The van der Waals surface area contributed by atoms with Gasteiger partial charge in [-0.05, 0) is 48.6 Å². The van der Waals surface area contributed by atoms with Crippen LogP contribution in [0.15, 0.2) is 53.4 Å². The number of fused-ring (bicyclic) bond motifs is 1. The fourth-order valence-electron chi connectivity index (χ4n) is 2.83. The SMILES string of the molecule is COc1cc(NS(=O)(=O)c2ccc(NC(=S)Nc3ccc4c(c3)OCO4)cc2)nc(OC)n1. The number of aromatic nitrogens is 2. The second-order valence-corrected chi connectivity index (χ2v) is 8.65. The third-order valence-electron chi connectivity index (χ3n) is 4.37. The van der Waals surface area contributed by atoms with Crippen LogP contribution in [0, 0.1) is 0 Å². The average molecular weight is 490 g/mol. The first kappa shape index (κ1) is 22.4. The number of nitrogens with one attached hydrogen (secondary N) is 3. The number of thiocarbonyl (C=S) groups is 1. The van der Waals surface area contributed by atoms with Crippen LogP contribution in [0.3, 0.4) is 0 Å². The summed E-state index contributed by atoms with van der Waals surface area (Å²) < 4.78 is 48.5. The molecule has 0 saturated heterocycles. The Balaban J connectivity index is 1.41. The van der Waals surface area contributed by atoms with Gasteiger partial charge in [0.25, 0.3) is 10.0 Å². The van der Waals surface area contributed by atoms with Crippen molar-refractivity contribution in [3.63, 3.8) is 0 Å². The molecule has 11 nitrogen and oxygen atoms in total. The Bertz CT molecular complexity index is 1260. The minimum absolute atomic E-state index is 0.00926. The predicted molar refractivity (Wildman–Crippen MR) is 125 cm³/mol. The van der Waals surface area contributed by atoms with E-state index < -0.39 is 10.0 Å². The molecule has 2 aromatic carbocycles. The Morgan fingerprint density at radius 1 is 0.939 bits per heavy atom. The van der Waals surface area contributed by atoms with Gasteiger partial charge in [-0.15, -0.1) is 0 Å². The smallest absolute Gasteiger partial charge is 0.321 e. The maximum absolute atomic E-state index is 12.7. The number of nitrogens with zero attached hydrogens (tertiary/aromatic N) is 2. The van der Waals surface area contributed by atoms with Gasteiger partial charge >= 0.3 is 6.01 Å². The zero-order chi connectivity index (χ0) is 23.4. The van der Waals surface area contributed by atoms with Gasteiger partial charge in [-0.25, -0.2) is 8.42 Å². The highest BCUT2D eigenvalue weighted by Gasteiger charge is 2.17. The normalized spacial score (nSPS) is 12.1. The first-order valence-corrected chi connectivity index (χ1v) is 11.3. The number of methoxy groups -OCH3 is 2. The summed E-state index contributed by atoms with van der Waals surface area (Å²) >= 11 is 5.32. The summed E-state index contributed by atoms with van der Waals surface area (Å²) in [5, 5.41) is 6.35. The molecule has 33 heavy (non-hydrogen) atoms. The molecule has 1 aliphatic rings. The zero-order valence-corrected chi connectivity index (χ0v) is 19.1. The van der Waals surface area contributed by atoms with E-state index in [0.717, 1.165) is 5.69 Å². The summed E-state index contributed by atoms with van der Waals surface area (Å²) in [5.41, 5.74) is 1.31. The van der Waals surface area contributed by atoms with Gasteiger partial charge in [-0.3, -0.25) is 4.72 Å². The van der Waals surface area contributed by atoms with E-state index in [1.165, 1.54) is 32.4 Å². The monoisotopic (exact) mass is 489 g/mol. The lowest BCUT2D eigenvalue weighted by Crippen LogP contribution is -2.19. The van der Waals surface area contributed by atoms with Crippen LogP contribution < -0.4 is 34.3 Å². The fraction of sp³-hybridized carbons (Fsp3) is 0.150. The largest absolute Gasteiger partial charge is 0.481 e. The van der Waals surface area contributed by atoms with E-state index in [1.54, 1.807) is 30.3 Å². The fourth-order valence-corrected chi connectivity index (χ4v) is 4.06. The highest BCUT2D eigenvalue weighted by molar-refractivity contribution is 7.92. The molecule has 0 saturated carbocycles. The lowest BCUT2D eigenvalue weighted by atomic mass is 10.3. The number of sulfonamides is 1. The summed E-state index contributed by atoms with van der Waals surface area (Å²) in [4.78, 5) is 7.93. The molecule has 1 aliphatic heterocycles. The van der Waals surface area contributed by atoms with Crippen LogP contribution in [-0.2, 0) is 10.0 Å². The van der Waals surface area contributed by atoms with E-state index in [4.69, 9.17) is 31.2 Å². The quantitative estimate of drug-likeness (QED) is 0.423. The van der Waals surface area contributed by atoms with Gasteiger partial charge in [-0.1, -0.05) is 0 Å². The second-order valence-electron chi connectivity index (χ2n) is 6.56. The molecule has 0 unspecified atom stereocenters. The maximum atomic E-state index is 12.7. The van der Waals surface area contributed by atoms with Crippen molar-refractivity contribution in [1.82, 2.24) is 9.97 Å². The Morgan fingerprint density at radius 3 is 2.36 bits per heavy atom. The van der Waals surface area contributed by atoms with Crippen LogP contribution in [-0.4, -0.2) is 44.5 Å². The molecule has 0 aliphatic carbocycles. The van der Waals surface area contributed by atoms with Crippen LogP contribution in [0.2, 0.25) is 0 Å². The summed E-state index contributed by atoms with van der Waals surface area (Å²) in [7, 11) is -1.15. The molecule has 0 bridgehead atoms. The third-order valence-corrected chi connectivity index (χ3v) is 5.94. The van der Waals surface area contributed by atoms with Gasteiger partial charge in [-0.2, -0.15) is 9.97 Å². The molecule has 3 N–H and O–H groups in total. The van der Waals surface area contributed by atoms with Crippen molar-refractivity contribution < 1.29 is 27.4 Å². The molecule has 4 rings (SSSR count). The van der Waals surface area contributed by atoms with Gasteiger partial charge in [0.2, 0.25) is 12.7 Å². The number of benzene rings is 2. The lowest BCUT2D eigenvalue weighted by molar-refractivity contribution is 0.174. The second kappa shape index (κ2) is 9.34. The van der Waals surface area contributed by atoms with Crippen LogP contribution in [0.1, 0.15) is 0 Å². The summed E-state index contributed by atoms with van der Waals surface area (Å²) in [5.74, 6) is 1.46. The lowest BCUT2D eigenvalue weighted by Gasteiger charge is -2.12. The predicted octanol–water partition coefficient (Wildman–Crippen LogP) is 2.83. The van der Waals surface area contributed by atoms with Crippen LogP contribution in [0.5, 0.6) is 23.4 Å². The molecule has 13 heteroatoms. The molecule has 0 fully saturated rings. The van der Waals surface area contributed by atoms with Crippen LogP contribution >= 0.6 is 12.2 Å². The van der Waals surface area contributed by atoms with Gasteiger partial charge in [0.05, 0.1) is 19.1 Å². The minimum atomic E-state index is -3.92. The van der Waals surface area contributed by atoms with Crippen molar-refractivity contribution >= 4 is 44.5 Å². The molecular formula is C20H19N5O6S2. The number of rotatable bonds is 7. The van der Waals surface area contributed by atoms with Crippen molar-refractivity contribution in [2.45, 2.75) is 4.90 Å². The standard InChI is InChI=1S/C20H19N5O6S2/c1-28-18-10-17(23-19(24-18)29-2)25-33(26,27)14-6-3-12(4-7-14)21-20(32)22-13-5-8-15-16(9-13)31-11-30-15/h3-10H,11H2,1-2H3,(H2,21,22,32)(H,23,24,25). The van der Waals surface area contributed by atoms with Crippen LogP contribution in [0.25, 0.3) is 0 Å². The zero-order valence-electron chi connectivity index (χ0n) is 17.5. The minimum Gasteiger partial charge on any atom is -0.481 e. The van der Waals surface area contributed by atoms with Crippen molar-refractivity contribution in [3.8, 4) is 23.4 Å². The molecule has 1 aromatic heterocycles.